The molecule has 0 saturated heterocycles. The Bertz CT molecular complexity index is 248. The van der Waals surface area contributed by atoms with Crippen LogP contribution in [0.5, 0.6) is 0 Å². The van der Waals surface area contributed by atoms with Gasteiger partial charge in [0.05, 0.1) is 5.92 Å². The summed E-state index contributed by atoms with van der Waals surface area (Å²) in [6, 6.07) is 0. The van der Waals surface area contributed by atoms with E-state index in [1.165, 1.54) is 0 Å². The van der Waals surface area contributed by atoms with E-state index < -0.39 is 0 Å². The fourth-order valence-electron chi connectivity index (χ4n) is 0.702. The van der Waals surface area contributed by atoms with E-state index in [0.717, 1.165) is 0 Å². The highest BCUT2D eigenvalue weighted by molar-refractivity contribution is 5.83. The molecule has 0 aromatic heterocycles. The Balaban J connectivity index is 2.78. The molecule has 0 N–H and O–H groups in total. The van der Waals surface area contributed by atoms with Gasteiger partial charge in [0.1, 0.15) is 5.78 Å². The Morgan fingerprint density at radius 2 is 2.30 bits per heavy atom. The summed E-state index contributed by atoms with van der Waals surface area (Å²) in [5.74, 6) is 5.48. The molecule has 0 fully saturated rings. The van der Waals surface area contributed by atoms with Crippen molar-refractivity contribution < 1.29 is 4.79 Å². The first-order valence-electron chi connectivity index (χ1n) is 3.15. The number of carbonyl (C=O) groups excluding carboxylic acids is 1. The van der Waals surface area contributed by atoms with Crippen LogP contribution in [-0.4, -0.2) is 5.78 Å². The monoisotopic (exact) mass is 132 g/mol. The van der Waals surface area contributed by atoms with Gasteiger partial charge in [0.2, 0.25) is 0 Å². The van der Waals surface area contributed by atoms with Crippen LogP contribution < -0.4 is 0 Å². The molecule has 0 bridgehead atoms. The fourth-order valence-corrected chi connectivity index (χ4v) is 0.702. The van der Waals surface area contributed by atoms with Crippen LogP contribution in [0.15, 0.2) is 24.3 Å². The second-order valence-corrected chi connectivity index (χ2v) is 2.12. The summed E-state index contributed by atoms with van der Waals surface area (Å²) in [6.07, 6.45) is 7.20. The van der Waals surface area contributed by atoms with Crippen LogP contribution in [0.1, 0.15) is 6.92 Å². The molecule has 0 aliphatic heterocycles. The number of hydrogen-bond acceptors (Lipinski definition) is 1. The molecular weight excluding hydrogens is 124 g/mol. The molecule has 0 amide bonds. The van der Waals surface area contributed by atoms with E-state index in [9.17, 15) is 4.79 Å². The highest BCUT2D eigenvalue weighted by Gasteiger charge is 2.05. The lowest BCUT2D eigenvalue weighted by Crippen LogP contribution is -2.03. The lowest BCUT2D eigenvalue weighted by molar-refractivity contribution is -0.118. The minimum Gasteiger partial charge on any atom is -0.298 e. The zero-order valence-electron chi connectivity index (χ0n) is 5.79. The van der Waals surface area contributed by atoms with Gasteiger partial charge in [0.15, 0.2) is 0 Å². The summed E-state index contributed by atoms with van der Waals surface area (Å²) in [5.41, 5.74) is 0. The average molecular weight is 132 g/mol. The second-order valence-electron chi connectivity index (χ2n) is 2.12. The standard InChI is InChI=1S/C9H8O/c1-8(10)9-6-4-2-3-5-7-9/h2-4,6,9H,1H3. The molecule has 0 aromatic carbocycles. The SMILES string of the molecule is CC(=O)C1C#CC=CC=C1. The van der Waals surface area contributed by atoms with Gasteiger partial charge in [-0.25, -0.2) is 0 Å². The Morgan fingerprint density at radius 1 is 1.50 bits per heavy atom. The van der Waals surface area contributed by atoms with Crippen LogP contribution in [0.4, 0.5) is 0 Å². The fraction of sp³-hybridized carbons (Fsp3) is 0.222. The van der Waals surface area contributed by atoms with E-state index in [4.69, 9.17) is 0 Å². The molecule has 0 saturated carbocycles. The van der Waals surface area contributed by atoms with Gasteiger partial charge < -0.3 is 0 Å². The number of allylic oxidation sites excluding steroid dienone is 4. The molecular formula is C9H8O. The highest BCUT2D eigenvalue weighted by atomic mass is 16.1. The van der Waals surface area contributed by atoms with Crippen molar-refractivity contribution in [3.8, 4) is 11.8 Å². The first-order valence-corrected chi connectivity index (χ1v) is 3.15. The third kappa shape index (κ3) is 1.60. The van der Waals surface area contributed by atoms with Gasteiger partial charge in [-0.05, 0) is 13.0 Å². The van der Waals surface area contributed by atoms with Gasteiger partial charge in [-0.15, -0.1) is 0 Å². The lowest BCUT2D eigenvalue weighted by Gasteiger charge is -1.94. The third-order valence-electron chi connectivity index (χ3n) is 1.27. The molecule has 1 nitrogen and oxygen atoms in total. The summed E-state index contributed by atoms with van der Waals surface area (Å²) >= 11 is 0. The van der Waals surface area contributed by atoms with Crippen molar-refractivity contribution in [1.82, 2.24) is 0 Å². The average Bonchev–Trinajstić information content (AvgIpc) is 2.12. The second kappa shape index (κ2) is 3.03. The van der Waals surface area contributed by atoms with Crippen LogP contribution in [-0.2, 0) is 4.79 Å². The van der Waals surface area contributed by atoms with Gasteiger partial charge in [-0.2, -0.15) is 0 Å². The number of rotatable bonds is 1. The van der Waals surface area contributed by atoms with Crippen LogP contribution in [0, 0.1) is 17.8 Å². The van der Waals surface area contributed by atoms with Gasteiger partial charge >= 0.3 is 0 Å². The topological polar surface area (TPSA) is 17.1 Å². The Morgan fingerprint density at radius 3 is 3.00 bits per heavy atom. The highest BCUT2D eigenvalue weighted by Crippen LogP contribution is 2.00. The summed E-state index contributed by atoms with van der Waals surface area (Å²) < 4.78 is 0. The third-order valence-corrected chi connectivity index (χ3v) is 1.27. The lowest BCUT2D eigenvalue weighted by atomic mass is 10.1. The molecule has 0 radical (unpaired) electrons. The zero-order chi connectivity index (χ0) is 7.40. The van der Waals surface area contributed by atoms with Crippen molar-refractivity contribution >= 4 is 5.78 Å². The van der Waals surface area contributed by atoms with Crippen molar-refractivity contribution in [1.29, 1.82) is 0 Å². The first-order chi connectivity index (χ1) is 4.80. The van der Waals surface area contributed by atoms with Gasteiger partial charge in [0.25, 0.3) is 0 Å². The summed E-state index contributed by atoms with van der Waals surface area (Å²) in [7, 11) is 0. The molecule has 1 aliphatic carbocycles. The Hall–Kier alpha value is -1.29. The van der Waals surface area contributed by atoms with E-state index in [2.05, 4.69) is 11.8 Å². The first kappa shape index (κ1) is 6.82. The molecule has 10 heavy (non-hydrogen) atoms. The van der Waals surface area contributed by atoms with Gasteiger partial charge in [-0.3, -0.25) is 4.79 Å². The van der Waals surface area contributed by atoms with Crippen LogP contribution in [0.3, 0.4) is 0 Å². The molecule has 1 aliphatic rings. The molecule has 0 heterocycles. The predicted octanol–water partition coefficient (Wildman–Crippen LogP) is 1.32. The summed E-state index contributed by atoms with van der Waals surface area (Å²) in [5, 5.41) is 0. The van der Waals surface area contributed by atoms with E-state index in [-0.39, 0.29) is 11.7 Å². The van der Waals surface area contributed by atoms with Crippen LogP contribution in [0.25, 0.3) is 0 Å². The molecule has 0 aromatic rings. The predicted molar refractivity (Wildman–Crippen MR) is 40.2 cm³/mol. The molecule has 1 rings (SSSR count). The number of carbonyl (C=O) groups is 1. The number of ketones is 1. The normalized spacial score (nSPS) is 21.1. The largest absolute Gasteiger partial charge is 0.298 e. The summed E-state index contributed by atoms with van der Waals surface area (Å²) in [4.78, 5) is 10.8. The van der Waals surface area contributed by atoms with Crippen molar-refractivity contribution in [2.75, 3.05) is 0 Å². The zero-order valence-corrected chi connectivity index (χ0v) is 5.79. The van der Waals surface area contributed by atoms with Crippen molar-refractivity contribution in [3.05, 3.63) is 24.3 Å². The molecule has 1 atom stereocenters. The van der Waals surface area contributed by atoms with Gasteiger partial charge in [0, 0.05) is 0 Å². The van der Waals surface area contributed by atoms with Crippen LogP contribution >= 0.6 is 0 Å². The quantitative estimate of drug-likeness (QED) is 0.492. The maximum absolute atomic E-state index is 10.8. The van der Waals surface area contributed by atoms with Crippen molar-refractivity contribution in [2.45, 2.75) is 6.92 Å². The van der Waals surface area contributed by atoms with E-state index >= 15 is 0 Å². The number of Topliss-reactive ketones (excluding diaryl/α,β-unsaturated/α-hetero) is 1. The molecule has 0 spiro atoms. The van der Waals surface area contributed by atoms with Crippen molar-refractivity contribution in [3.63, 3.8) is 0 Å². The molecule has 1 unspecified atom stereocenters. The smallest absolute Gasteiger partial charge is 0.148 e. The Labute approximate surface area is 60.4 Å². The maximum Gasteiger partial charge on any atom is 0.148 e. The molecule has 50 valence electrons. The molecule has 1 heteroatoms. The van der Waals surface area contributed by atoms with E-state index in [0.29, 0.717) is 0 Å². The number of hydrogen-bond donors (Lipinski definition) is 0. The van der Waals surface area contributed by atoms with Gasteiger partial charge in [-0.1, -0.05) is 30.1 Å². The maximum atomic E-state index is 10.8. The van der Waals surface area contributed by atoms with Crippen molar-refractivity contribution in [2.24, 2.45) is 5.92 Å². The van der Waals surface area contributed by atoms with E-state index in [1.807, 2.05) is 12.2 Å². The summed E-state index contributed by atoms with van der Waals surface area (Å²) in [6.45, 7) is 1.55. The van der Waals surface area contributed by atoms with E-state index in [1.54, 1.807) is 19.1 Å². The van der Waals surface area contributed by atoms with Crippen LogP contribution in [0.2, 0.25) is 0 Å². The minimum atomic E-state index is -0.199. The minimum absolute atomic E-state index is 0.104. The Kier molecular flexibility index (Phi) is 2.07.